The average molecular weight is 506 g/mol. The van der Waals surface area contributed by atoms with E-state index in [1.165, 1.54) is 0 Å². The van der Waals surface area contributed by atoms with Crippen LogP contribution < -0.4 is 10.2 Å². The first-order chi connectivity index (χ1) is 17.5. The number of aliphatic imine (C=N–C) groups is 1. The highest BCUT2D eigenvalue weighted by molar-refractivity contribution is 6.17. The van der Waals surface area contributed by atoms with Crippen LogP contribution in [0.1, 0.15) is 57.5 Å². The van der Waals surface area contributed by atoms with Crippen molar-refractivity contribution in [2.45, 2.75) is 48.0 Å². The van der Waals surface area contributed by atoms with Gasteiger partial charge in [-0.3, -0.25) is 9.59 Å². The number of amides is 2. The van der Waals surface area contributed by atoms with Crippen molar-refractivity contribution in [3.8, 4) is 0 Å². The number of carbonyl (C=O) groups is 2. The van der Waals surface area contributed by atoms with E-state index in [0.29, 0.717) is 55.3 Å². The van der Waals surface area contributed by atoms with Gasteiger partial charge < -0.3 is 19.9 Å². The molecule has 1 N–H and O–H groups in total. The Morgan fingerprint density at radius 1 is 1.30 bits per heavy atom. The van der Waals surface area contributed by atoms with Gasteiger partial charge in [0.05, 0.1) is 17.9 Å². The molecule has 1 aromatic heterocycles. The van der Waals surface area contributed by atoms with E-state index in [0.717, 1.165) is 22.7 Å². The number of ether oxygens (including phenoxy) is 1. The maximum Gasteiger partial charge on any atom is 0.261 e. The first-order valence-electron chi connectivity index (χ1n) is 12.4. The van der Waals surface area contributed by atoms with Crippen LogP contribution in [0.3, 0.4) is 0 Å². The Bertz CT molecular complexity index is 1190. The molecule has 4 rings (SSSR count). The van der Waals surface area contributed by atoms with Crippen molar-refractivity contribution in [3.05, 3.63) is 83.1 Å². The fourth-order valence-electron chi connectivity index (χ4n) is 4.27. The van der Waals surface area contributed by atoms with Gasteiger partial charge in [0.15, 0.2) is 5.84 Å². The fraction of sp³-hybridized carbons (Fsp3) is 0.379. The summed E-state index contributed by atoms with van der Waals surface area (Å²) in [5.41, 5.74) is 3.56. The van der Waals surface area contributed by atoms with E-state index < -0.39 is 0 Å². The van der Waals surface area contributed by atoms with Crippen molar-refractivity contribution in [1.82, 2.24) is 15.2 Å². The lowest BCUT2D eigenvalue weighted by Crippen LogP contribution is -2.35. The standard InChI is InChI=1S/C26H29N5O3.C2H6.CH4/c1-5-18-20(16-29-25(18)32)22(6-2)34-13-11-17-14-19-23(28-15-17)31(7-3)24-21(30(4)26(19)33)10-8-9-12-27-24;1-2;/h5-6,9-10,12,14-15H,1,7-8,11,13,16H2,2-4H3,(H,29,32);1-2H3;1H4/b22-6+;;. The molecule has 37 heavy (non-hydrogen) atoms. The molecule has 0 spiro atoms. The molecule has 2 amide bonds. The van der Waals surface area contributed by atoms with Crippen molar-refractivity contribution >= 4 is 23.5 Å². The summed E-state index contributed by atoms with van der Waals surface area (Å²) in [6.07, 6.45) is 12.2. The van der Waals surface area contributed by atoms with E-state index in [4.69, 9.17) is 4.74 Å². The minimum atomic E-state index is -0.141. The summed E-state index contributed by atoms with van der Waals surface area (Å²) in [7, 11) is 1.77. The lowest BCUT2D eigenvalue weighted by molar-refractivity contribution is -0.116. The molecule has 1 aromatic rings. The molecule has 0 fully saturated rings. The summed E-state index contributed by atoms with van der Waals surface area (Å²) in [5, 5.41) is 2.80. The van der Waals surface area contributed by atoms with Gasteiger partial charge in [-0.15, -0.1) is 0 Å². The van der Waals surface area contributed by atoms with Crippen LogP contribution in [-0.4, -0.2) is 54.3 Å². The average Bonchev–Trinajstić information content (AvgIpc) is 3.07. The van der Waals surface area contributed by atoms with E-state index in [1.807, 2.05) is 56.9 Å². The maximum absolute atomic E-state index is 13.4. The van der Waals surface area contributed by atoms with Crippen LogP contribution in [0.5, 0.6) is 0 Å². The van der Waals surface area contributed by atoms with Gasteiger partial charge in [-0.05, 0) is 38.0 Å². The van der Waals surface area contributed by atoms with Gasteiger partial charge in [0.25, 0.3) is 11.8 Å². The molecule has 198 valence electrons. The Hall–Kier alpha value is -3.94. The van der Waals surface area contributed by atoms with Crippen LogP contribution in [0.15, 0.2) is 76.9 Å². The first kappa shape index (κ1) is 29.3. The van der Waals surface area contributed by atoms with E-state index in [9.17, 15) is 9.59 Å². The molecule has 0 saturated heterocycles. The molecule has 4 heterocycles. The third kappa shape index (κ3) is 5.90. The number of amidine groups is 1. The Morgan fingerprint density at radius 3 is 2.73 bits per heavy atom. The number of pyridine rings is 1. The molecule has 0 aromatic carbocycles. The molecule has 0 atom stereocenters. The quantitative estimate of drug-likeness (QED) is 0.531. The van der Waals surface area contributed by atoms with Gasteiger partial charge in [-0.25, -0.2) is 9.98 Å². The van der Waals surface area contributed by atoms with Crippen molar-refractivity contribution in [3.63, 3.8) is 0 Å². The normalized spacial score (nSPS) is 16.7. The van der Waals surface area contributed by atoms with Gasteiger partial charge in [-0.2, -0.15) is 0 Å². The van der Waals surface area contributed by atoms with Crippen LogP contribution in [0.25, 0.3) is 0 Å². The maximum atomic E-state index is 13.4. The summed E-state index contributed by atoms with van der Waals surface area (Å²) in [5.74, 6) is 1.72. The van der Waals surface area contributed by atoms with E-state index in [-0.39, 0.29) is 19.2 Å². The number of hydrogen-bond acceptors (Lipinski definition) is 6. The number of anilines is 1. The van der Waals surface area contributed by atoms with Crippen molar-refractivity contribution in [2.75, 3.05) is 31.6 Å². The lowest BCUT2D eigenvalue weighted by Gasteiger charge is -2.24. The Kier molecular flexibility index (Phi) is 10.6. The predicted octanol–water partition coefficient (Wildman–Crippen LogP) is 4.93. The molecular formula is C29H39N5O3. The van der Waals surface area contributed by atoms with Crippen LogP contribution >= 0.6 is 0 Å². The molecular weight excluding hydrogens is 466 g/mol. The second-order valence-electron chi connectivity index (χ2n) is 8.02. The third-order valence-electron chi connectivity index (χ3n) is 6.03. The predicted molar refractivity (Wildman–Crippen MR) is 150 cm³/mol. The summed E-state index contributed by atoms with van der Waals surface area (Å²) in [4.78, 5) is 38.2. The summed E-state index contributed by atoms with van der Waals surface area (Å²) < 4.78 is 6.00. The number of nitrogens with one attached hydrogen (secondary N) is 1. The van der Waals surface area contributed by atoms with Gasteiger partial charge in [-0.1, -0.05) is 46.1 Å². The molecule has 0 saturated carbocycles. The highest BCUT2D eigenvalue weighted by atomic mass is 16.5. The van der Waals surface area contributed by atoms with Crippen molar-refractivity contribution in [1.29, 1.82) is 0 Å². The smallest absolute Gasteiger partial charge is 0.261 e. The summed E-state index contributed by atoms with van der Waals surface area (Å²) in [6, 6.07) is 1.89. The van der Waals surface area contributed by atoms with Gasteiger partial charge >= 0.3 is 0 Å². The van der Waals surface area contributed by atoms with Gasteiger partial charge in [0, 0.05) is 50.1 Å². The van der Waals surface area contributed by atoms with Crippen LogP contribution in [0, 0.1) is 0 Å². The van der Waals surface area contributed by atoms with Crippen LogP contribution in [0.2, 0.25) is 0 Å². The monoisotopic (exact) mass is 505 g/mol. The zero-order valence-electron chi connectivity index (χ0n) is 21.8. The first-order valence-corrected chi connectivity index (χ1v) is 12.4. The Balaban J connectivity index is 0.00000157. The molecule has 8 nitrogen and oxygen atoms in total. The number of carbonyl (C=O) groups excluding carboxylic acids is 2. The third-order valence-corrected chi connectivity index (χ3v) is 6.03. The van der Waals surface area contributed by atoms with Crippen molar-refractivity contribution < 1.29 is 14.3 Å². The molecule has 0 aliphatic carbocycles. The zero-order valence-corrected chi connectivity index (χ0v) is 21.8. The minimum absolute atomic E-state index is 0. The highest BCUT2D eigenvalue weighted by Gasteiger charge is 2.33. The van der Waals surface area contributed by atoms with Crippen LogP contribution in [-0.2, 0) is 16.0 Å². The second kappa shape index (κ2) is 13.4. The number of allylic oxidation sites excluding steroid dienone is 3. The molecule has 0 bridgehead atoms. The Labute approximate surface area is 220 Å². The van der Waals surface area contributed by atoms with Gasteiger partial charge in [0.2, 0.25) is 0 Å². The number of nitrogens with zero attached hydrogens (tertiary/aromatic N) is 4. The number of hydrogen-bond donors (Lipinski definition) is 1. The summed E-state index contributed by atoms with van der Waals surface area (Å²) in [6.45, 7) is 13.1. The number of fused-ring (bicyclic) bond motifs is 2. The lowest BCUT2D eigenvalue weighted by atomic mass is 10.1. The topological polar surface area (TPSA) is 87.1 Å². The summed E-state index contributed by atoms with van der Waals surface area (Å²) >= 11 is 0. The largest absolute Gasteiger partial charge is 0.493 e. The number of rotatable bonds is 7. The molecule has 3 aliphatic rings. The molecule has 0 unspecified atom stereocenters. The molecule has 0 radical (unpaired) electrons. The number of aromatic nitrogens is 1. The molecule has 8 heteroatoms. The van der Waals surface area contributed by atoms with Gasteiger partial charge in [0.1, 0.15) is 11.6 Å². The molecule has 3 aliphatic heterocycles. The van der Waals surface area contributed by atoms with Crippen LogP contribution in [0.4, 0.5) is 5.82 Å². The van der Waals surface area contributed by atoms with E-state index in [1.54, 1.807) is 30.4 Å². The van der Waals surface area contributed by atoms with E-state index >= 15 is 0 Å². The highest BCUT2D eigenvalue weighted by Crippen LogP contribution is 2.30. The zero-order chi connectivity index (χ0) is 26.2. The second-order valence-corrected chi connectivity index (χ2v) is 8.02. The van der Waals surface area contributed by atoms with E-state index in [2.05, 4.69) is 21.9 Å². The van der Waals surface area contributed by atoms with Crippen molar-refractivity contribution in [2.24, 2.45) is 4.99 Å². The Morgan fingerprint density at radius 2 is 2.05 bits per heavy atom. The SMILES string of the molecule is C.C=CC1=C(/C(=C\C)OCCc2cnc3c(c2)C(=O)N(C)C2=CCC=CN=C2N3CC)CNC1=O.CC. The fourth-order valence-corrected chi connectivity index (χ4v) is 4.27. The number of likely N-dealkylation sites (N-methyl/N-ethyl adjacent to an activating group) is 2. The minimum Gasteiger partial charge on any atom is -0.493 e.